The molecule has 150 valence electrons. The van der Waals surface area contributed by atoms with E-state index in [2.05, 4.69) is 5.32 Å². The van der Waals surface area contributed by atoms with Crippen LogP contribution < -0.4 is 5.32 Å². The number of hydrogen-bond acceptors (Lipinski definition) is 5. The lowest BCUT2D eigenvalue weighted by atomic mass is 10.1. The Morgan fingerprint density at radius 1 is 1.04 bits per heavy atom. The minimum absolute atomic E-state index is 0.0112. The number of esters is 1. The van der Waals surface area contributed by atoms with E-state index in [1.165, 1.54) is 31.3 Å². The van der Waals surface area contributed by atoms with Crippen LogP contribution in [0.3, 0.4) is 0 Å². The molecule has 2 rings (SSSR count). The fraction of sp³-hybridized carbons (Fsp3) is 0.300. The Labute approximate surface area is 165 Å². The second-order valence-electron chi connectivity index (χ2n) is 6.32. The van der Waals surface area contributed by atoms with Crippen LogP contribution in [0.1, 0.15) is 28.4 Å². The quantitative estimate of drug-likeness (QED) is 0.717. The zero-order chi connectivity index (χ0) is 20.9. The molecule has 0 spiro atoms. The normalized spacial score (nSPS) is 11.3. The Hall–Kier alpha value is -2.71. The average molecular weight is 404 g/mol. The summed E-state index contributed by atoms with van der Waals surface area (Å²) in [6.45, 7) is 5.32. The van der Waals surface area contributed by atoms with Crippen LogP contribution in [0.5, 0.6) is 0 Å². The molecule has 0 fully saturated rings. The van der Waals surface area contributed by atoms with E-state index in [1.54, 1.807) is 6.92 Å². The number of carbonyl (C=O) groups is 2. The van der Waals surface area contributed by atoms with E-state index in [4.69, 9.17) is 4.74 Å². The molecule has 28 heavy (non-hydrogen) atoms. The molecule has 0 radical (unpaired) electrons. The lowest BCUT2D eigenvalue weighted by Crippen LogP contribution is -2.35. The maximum Gasteiger partial charge on any atom is 0.338 e. The molecule has 7 nitrogen and oxygen atoms in total. The van der Waals surface area contributed by atoms with Crippen molar-refractivity contribution in [1.82, 2.24) is 4.31 Å². The number of sulfonamides is 1. The van der Waals surface area contributed by atoms with Crippen molar-refractivity contribution >= 4 is 27.6 Å². The SMILES string of the molecule is CCOC(=O)c1ccc(S(=O)(=O)N(C)CC(=O)Nc2c(C)cccc2C)cc1. The van der Waals surface area contributed by atoms with Crippen molar-refractivity contribution in [1.29, 1.82) is 0 Å². The number of anilines is 1. The van der Waals surface area contributed by atoms with Gasteiger partial charge in [0.15, 0.2) is 0 Å². The molecule has 2 aromatic rings. The highest BCUT2D eigenvalue weighted by Gasteiger charge is 2.23. The van der Waals surface area contributed by atoms with Gasteiger partial charge in [-0.2, -0.15) is 4.31 Å². The second-order valence-corrected chi connectivity index (χ2v) is 8.37. The van der Waals surface area contributed by atoms with E-state index < -0.39 is 21.9 Å². The number of aryl methyl sites for hydroxylation is 2. The minimum Gasteiger partial charge on any atom is -0.462 e. The standard InChI is InChI=1S/C20H24N2O5S/c1-5-27-20(24)16-9-11-17(12-10-16)28(25,26)22(4)13-18(23)21-19-14(2)7-6-8-15(19)3/h6-12H,5,13H2,1-4H3,(H,21,23). The molecule has 0 aliphatic carbocycles. The molecule has 0 aromatic heterocycles. The third kappa shape index (κ3) is 4.96. The zero-order valence-electron chi connectivity index (χ0n) is 16.4. The summed E-state index contributed by atoms with van der Waals surface area (Å²) in [5, 5.41) is 2.76. The van der Waals surface area contributed by atoms with Gasteiger partial charge in [-0.1, -0.05) is 18.2 Å². The number of hydrogen-bond donors (Lipinski definition) is 1. The monoisotopic (exact) mass is 404 g/mol. The van der Waals surface area contributed by atoms with Crippen molar-refractivity contribution in [2.75, 3.05) is 25.5 Å². The van der Waals surface area contributed by atoms with E-state index in [9.17, 15) is 18.0 Å². The molecule has 0 aliphatic heterocycles. The van der Waals surface area contributed by atoms with Gasteiger partial charge >= 0.3 is 5.97 Å². The lowest BCUT2D eigenvalue weighted by Gasteiger charge is -2.18. The van der Waals surface area contributed by atoms with Gasteiger partial charge in [-0.3, -0.25) is 4.79 Å². The fourth-order valence-corrected chi connectivity index (χ4v) is 3.76. The predicted octanol–water partition coefficient (Wildman–Crippen LogP) is 2.74. The predicted molar refractivity (Wildman–Crippen MR) is 107 cm³/mol. The largest absolute Gasteiger partial charge is 0.462 e. The molecule has 0 unspecified atom stereocenters. The molecule has 0 atom stereocenters. The van der Waals surface area contributed by atoms with Gasteiger partial charge in [-0.15, -0.1) is 0 Å². The maximum atomic E-state index is 12.7. The van der Waals surface area contributed by atoms with Gasteiger partial charge in [-0.25, -0.2) is 13.2 Å². The molecule has 8 heteroatoms. The number of likely N-dealkylation sites (N-methyl/N-ethyl adjacent to an activating group) is 1. The Balaban J connectivity index is 2.11. The number of carbonyl (C=O) groups excluding carboxylic acids is 2. The number of rotatable bonds is 7. The summed E-state index contributed by atoms with van der Waals surface area (Å²) in [4.78, 5) is 24.0. The first kappa shape index (κ1) is 21.6. The van der Waals surface area contributed by atoms with Gasteiger partial charge in [0, 0.05) is 12.7 Å². The third-order valence-electron chi connectivity index (χ3n) is 4.19. The highest BCUT2D eigenvalue weighted by atomic mass is 32.2. The van der Waals surface area contributed by atoms with Crippen LogP contribution in [-0.4, -0.2) is 44.8 Å². The van der Waals surface area contributed by atoms with Gasteiger partial charge < -0.3 is 10.1 Å². The van der Waals surface area contributed by atoms with Crippen molar-refractivity contribution in [3.8, 4) is 0 Å². The van der Waals surface area contributed by atoms with E-state index in [0.717, 1.165) is 15.4 Å². The van der Waals surface area contributed by atoms with E-state index in [-0.39, 0.29) is 23.6 Å². The molecule has 0 heterocycles. The zero-order valence-corrected chi connectivity index (χ0v) is 17.2. The summed E-state index contributed by atoms with van der Waals surface area (Å²) in [7, 11) is -2.55. The number of ether oxygens (including phenoxy) is 1. The molecule has 1 amide bonds. The smallest absolute Gasteiger partial charge is 0.338 e. The summed E-state index contributed by atoms with van der Waals surface area (Å²) < 4.78 is 31.2. The Morgan fingerprint density at radius 2 is 1.61 bits per heavy atom. The van der Waals surface area contributed by atoms with Crippen LogP contribution in [0.4, 0.5) is 5.69 Å². The molecule has 0 saturated carbocycles. The van der Waals surface area contributed by atoms with Gasteiger partial charge in [-0.05, 0) is 56.2 Å². The Morgan fingerprint density at radius 3 is 2.14 bits per heavy atom. The Bertz CT molecular complexity index is 948. The second kappa shape index (κ2) is 8.99. The highest BCUT2D eigenvalue weighted by Crippen LogP contribution is 2.20. The van der Waals surface area contributed by atoms with Gasteiger partial charge in [0.2, 0.25) is 15.9 Å². The van der Waals surface area contributed by atoms with Crippen molar-refractivity contribution in [3.63, 3.8) is 0 Å². The first-order valence-electron chi connectivity index (χ1n) is 8.76. The number of nitrogens with one attached hydrogen (secondary N) is 1. The summed E-state index contributed by atoms with van der Waals surface area (Å²) in [6, 6.07) is 11.0. The molecule has 0 bridgehead atoms. The van der Waals surface area contributed by atoms with Crippen molar-refractivity contribution < 1.29 is 22.7 Å². The molecular formula is C20H24N2O5S. The van der Waals surface area contributed by atoms with E-state index in [1.807, 2.05) is 32.0 Å². The number of amides is 1. The first-order chi connectivity index (χ1) is 13.2. The maximum absolute atomic E-state index is 12.7. The first-order valence-corrected chi connectivity index (χ1v) is 10.2. The minimum atomic E-state index is -3.88. The van der Waals surface area contributed by atoms with Crippen molar-refractivity contribution in [2.45, 2.75) is 25.7 Å². The summed E-state index contributed by atoms with van der Waals surface area (Å²) >= 11 is 0. The third-order valence-corrected chi connectivity index (χ3v) is 6.00. The van der Waals surface area contributed by atoms with Gasteiger partial charge in [0.05, 0.1) is 23.6 Å². The van der Waals surface area contributed by atoms with Crippen molar-refractivity contribution in [3.05, 3.63) is 59.2 Å². The van der Waals surface area contributed by atoms with Crippen LogP contribution >= 0.6 is 0 Å². The van der Waals surface area contributed by atoms with Crippen LogP contribution in [0.25, 0.3) is 0 Å². The average Bonchev–Trinajstić information content (AvgIpc) is 2.65. The van der Waals surface area contributed by atoms with Crippen LogP contribution in [0, 0.1) is 13.8 Å². The van der Waals surface area contributed by atoms with Crippen molar-refractivity contribution in [2.24, 2.45) is 0 Å². The summed E-state index contributed by atoms with van der Waals surface area (Å²) in [5.41, 5.74) is 2.73. The molecule has 2 aromatic carbocycles. The van der Waals surface area contributed by atoms with Crippen LogP contribution in [0.2, 0.25) is 0 Å². The van der Waals surface area contributed by atoms with E-state index in [0.29, 0.717) is 5.69 Å². The molecular weight excluding hydrogens is 380 g/mol. The van der Waals surface area contributed by atoms with Gasteiger partial charge in [0.1, 0.15) is 0 Å². The summed E-state index contributed by atoms with van der Waals surface area (Å²) in [6.07, 6.45) is 0. The Kier molecular flexibility index (Phi) is 6.93. The van der Waals surface area contributed by atoms with Gasteiger partial charge in [0.25, 0.3) is 0 Å². The molecule has 0 aliphatic rings. The number of para-hydroxylation sites is 1. The molecule has 1 N–H and O–H groups in total. The highest BCUT2D eigenvalue weighted by molar-refractivity contribution is 7.89. The van der Waals surface area contributed by atoms with E-state index >= 15 is 0 Å². The lowest BCUT2D eigenvalue weighted by molar-refractivity contribution is -0.116. The fourth-order valence-electron chi connectivity index (χ4n) is 2.64. The number of benzene rings is 2. The van der Waals surface area contributed by atoms with Crippen LogP contribution in [0.15, 0.2) is 47.4 Å². The number of nitrogens with zero attached hydrogens (tertiary/aromatic N) is 1. The summed E-state index contributed by atoms with van der Waals surface area (Å²) in [5.74, 6) is -0.959. The topological polar surface area (TPSA) is 92.8 Å². The van der Waals surface area contributed by atoms with Crippen LogP contribution in [-0.2, 0) is 19.6 Å². The molecule has 0 saturated heterocycles.